The van der Waals surface area contributed by atoms with E-state index in [4.69, 9.17) is 9.47 Å². The Hall–Kier alpha value is -3.89. The highest BCUT2D eigenvalue weighted by atomic mass is 16.5. The summed E-state index contributed by atoms with van der Waals surface area (Å²) in [5.41, 5.74) is 4.25. The number of para-hydroxylation sites is 1. The second-order valence-electron chi connectivity index (χ2n) is 9.95. The van der Waals surface area contributed by atoms with E-state index in [9.17, 15) is 19.5 Å². The van der Waals surface area contributed by atoms with Crippen LogP contribution in [0.2, 0.25) is 0 Å². The predicted molar refractivity (Wildman–Crippen MR) is 148 cm³/mol. The molecule has 10 heteroatoms. The maximum atomic E-state index is 13.0. The molecule has 2 amide bonds. The fourth-order valence-corrected chi connectivity index (χ4v) is 5.13. The summed E-state index contributed by atoms with van der Waals surface area (Å²) in [7, 11) is 1.55. The average molecular weight is 537 g/mol. The number of hydrogen-bond acceptors (Lipinski definition) is 7. The lowest BCUT2D eigenvalue weighted by Gasteiger charge is -2.20. The molecule has 208 valence electrons. The van der Waals surface area contributed by atoms with E-state index < -0.39 is 23.9 Å². The molecule has 1 saturated heterocycles. The van der Waals surface area contributed by atoms with E-state index in [0.717, 1.165) is 37.4 Å². The van der Waals surface area contributed by atoms with Gasteiger partial charge in [0.1, 0.15) is 12.4 Å². The number of cyclic esters (lactones) is 1. The molecule has 39 heavy (non-hydrogen) atoms. The summed E-state index contributed by atoms with van der Waals surface area (Å²) >= 11 is 0. The molecule has 2 heterocycles. The lowest BCUT2D eigenvalue weighted by molar-refractivity contribution is -0.142. The number of rotatable bonds is 11. The summed E-state index contributed by atoms with van der Waals surface area (Å²) in [6, 6.07) is 8.50. The summed E-state index contributed by atoms with van der Waals surface area (Å²) in [5, 5.41) is 18.7. The standard InChI is InChI=1S/C29H36N4O6/c1-18(15-20(27(34)35)11-13-33-14-12-30-17-33)9-10-22-25(32-29(37)31-21-7-5-4-6-8-21)24-23(16-39-28(24)36)19(2)26(22)38-3/h4-9,20,30H,10-17H2,1-3H3,(H,34,35)(H2,31,32,37)/b18-9+. The third kappa shape index (κ3) is 6.76. The number of allylic oxidation sites excluding steroid dienone is 2. The third-order valence-corrected chi connectivity index (χ3v) is 7.25. The second-order valence-corrected chi connectivity index (χ2v) is 9.95. The molecule has 4 N–H and O–H groups in total. The van der Waals surface area contributed by atoms with Gasteiger partial charge in [-0.25, -0.2) is 9.59 Å². The highest BCUT2D eigenvalue weighted by Gasteiger charge is 2.33. The van der Waals surface area contributed by atoms with Crippen molar-refractivity contribution in [2.45, 2.75) is 39.7 Å². The fraction of sp³-hybridized carbons (Fsp3) is 0.414. The van der Waals surface area contributed by atoms with Crippen LogP contribution in [0.3, 0.4) is 0 Å². The van der Waals surface area contributed by atoms with Gasteiger partial charge in [-0.3, -0.25) is 9.69 Å². The largest absolute Gasteiger partial charge is 0.496 e. The lowest BCUT2D eigenvalue weighted by Crippen LogP contribution is -2.27. The Labute approximate surface area is 228 Å². The normalized spacial score (nSPS) is 16.0. The zero-order chi connectivity index (χ0) is 27.9. The molecule has 0 bridgehead atoms. The summed E-state index contributed by atoms with van der Waals surface area (Å²) < 4.78 is 11.1. The van der Waals surface area contributed by atoms with E-state index in [2.05, 4.69) is 20.9 Å². The molecule has 0 saturated carbocycles. The van der Waals surface area contributed by atoms with Crippen LogP contribution in [0.25, 0.3) is 0 Å². The number of carbonyl (C=O) groups is 3. The quantitative estimate of drug-likeness (QED) is 0.249. The lowest BCUT2D eigenvalue weighted by atomic mass is 9.92. The summed E-state index contributed by atoms with van der Waals surface area (Å²) in [6.45, 7) is 7.23. The Bertz CT molecular complexity index is 1250. The molecule has 0 aliphatic carbocycles. The molecule has 2 aromatic carbocycles. The molecule has 1 fully saturated rings. The first kappa shape index (κ1) is 28.1. The molecule has 2 aromatic rings. The number of benzene rings is 2. The Morgan fingerprint density at radius 1 is 1.26 bits per heavy atom. The average Bonchev–Trinajstić information content (AvgIpc) is 3.57. The number of ether oxygens (including phenoxy) is 2. The highest BCUT2D eigenvalue weighted by molar-refractivity contribution is 6.08. The van der Waals surface area contributed by atoms with Gasteiger partial charge >= 0.3 is 18.0 Å². The minimum atomic E-state index is -0.816. The zero-order valence-electron chi connectivity index (χ0n) is 22.6. The highest BCUT2D eigenvalue weighted by Crippen LogP contribution is 2.41. The maximum absolute atomic E-state index is 13.0. The number of carboxylic acids is 1. The van der Waals surface area contributed by atoms with Crippen molar-refractivity contribution in [3.63, 3.8) is 0 Å². The van der Waals surface area contributed by atoms with Crippen molar-refractivity contribution >= 4 is 29.3 Å². The number of fused-ring (bicyclic) bond motifs is 1. The fourth-order valence-electron chi connectivity index (χ4n) is 5.13. The smallest absolute Gasteiger partial charge is 0.341 e. The van der Waals surface area contributed by atoms with E-state index in [1.165, 1.54) is 0 Å². The Balaban J connectivity index is 1.59. The number of amides is 2. The van der Waals surface area contributed by atoms with Crippen LogP contribution >= 0.6 is 0 Å². The van der Waals surface area contributed by atoms with Gasteiger partial charge in [0.2, 0.25) is 0 Å². The number of methoxy groups -OCH3 is 1. The summed E-state index contributed by atoms with van der Waals surface area (Å²) in [4.78, 5) is 39.9. The van der Waals surface area contributed by atoms with Crippen LogP contribution in [-0.2, 0) is 22.6 Å². The number of nitrogens with zero attached hydrogens (tertiary/aromatic N) is 1. The number of urea groups is 1. The monoisotopic (exact) mass is 536 g/mol. The van der Waals surface area contributed by atoms with Gasteiger partial charge in [-0.1, -0.05) is 29.8 Å². The number of hydrogen-bond donors (Lipinski definition) is 4. The van der Waals surface area contributed by atoms with Crippen LogP contribution in [0.4, 0.5) is 16.2 Å². The number of esters is 1. The number of aliphatic carboxylic acids is 1. The molecule has 4 rings (SSSR count). The Kier molecular flexibility index (Phi) is 9.21. The van der Waals surface area contributed by atoms with E-state index in [1.807, 2.05) is 38.1 Å². The van der Waals surface area contributed by atoms with Crippen LogP contribution in [0.15, 0.2) is 42.0 Å². The van der Waals surface area contributed by atoms with Gasteiger partial charge in [-0.15, -0.1) is 0 Å². The van der Waals surface area contributed by atoms with Crippen LogP contribution < -0.4 is 20.7 Å². The van der Waals surface area contributed by atoms with Crippen molar-refractivity contribution in [2.75, 3.05) is 44.0 Å². The Morgan fingerprint density at radius 2 is 2.03 bits per heavy atom. The minimum Gasteiger partial charge on any atom is -0.496 e. The van der Waals surface area contributed by atoms with Crippen LogP contribution in [0, 0.1) is 12.8 Å². The molecule has 10 nitrogen and oxygen atoms in total. The maximum Gasteiger partial charge on any atom is 0.341 e. The number of carbonyl (C=O) groups excluding carboxylic acids is 2. The van der Waals surface area contributed by atoms with Gasteiger partial charge in [0, 0.05) is 43.1 Å². The van der Waals surface area contributed by atoms with E-state index in [0.29, 0.717) is 53.1 Å². The molecule has 0 radical (unpaired) electrons. The van der Waals surface area contributed by atoms with E-state index >= 15 is 0 Å². The summed E-state index contributed by atoms with van der Waals surface area (Å²) in [6.07, 6.45) is 3.24. The van der Waals surface area contributed by atoms with Crippen molar-refractivity contribution < 1.29 is 29.0 Å². The van der Waals surface area contributed by atoms with Crippen molar-refractivity contribution in [1.82, 2.24) is 10.2 Å². The molecule has 1 unspecified atom stereocenters. The first-order chi connectivity index (χ1) is 18.8. The van der Waals surface area contributed by atoms with Gasteiger partial charge in [0.25, 0.3) is 0 Å². The van der Waals surface area contributed by atoms with Crippen LogP contribution in [0.1, 0.15) is 46.8 Å². The number of carboxylic acid groups (broad SMARTS) is 1. The molecule has 1 atom stereocenters. The minimum absolute atomic E-state index is 0.104. The van der Waals surface area contributed by atoms with Gasteiger partial charge in [0.15, 0.2) is 0 Å². The predicted octanol–water partition coefficient (Wildman–Crippen LogP) is 4.15. The van der Waals surface area contributed by atoms with Crippen LogP contribution in [0.5, 0.6) is 5.75 Å². The Morgan fingerprint density at radius 3 is 2.69 bits per heavy atom. The SMILES string of the molecule is COc1c(C)c2c(c(NC(=O)Nc3ccccc3)c1C/C=C(\C)CC(CCN1CCNC1)C(=O)O)C(=O)OC2. The molecule has 0 aromatic heterocycles. The van der Waals surface area contributed by atoms with Gasteiger partial charge in [-0.05, 0) is 50.8 Å². The molecular weight excluding hydrogens is 500 g/mol. The van der Waals surface area contributed by atoms with Crippen LogP contribution in [-0.4, -0.2) is 61.4 Å². The van der Waals surface area contributed by atoms with Crippen molar-refractivity contribution in [3.8, 4) is 5.75 Å². The first-order valence-electron chi connectivity index (χ1n) is 13.1. The molecule has 2 aliphatic heterocycles. The number of nitrogens with one attached hydrogen (secondary N) is 3. The van der Waals surface area contributed by atoms with Gasteiger partial charge < -0.3 is 30.5 Å². The topological polar surface area (TPSA) is 129 Å². The van der Waals surface area contributed by atoms with Crippen molar-refractivity contribution in [1.29, 1.82) is 0 Å². The molecule has 2 aliphatic rings. The van der Waals surface area contributed by atoms with E-state index in [-0.39, 0.29) is 6.61 Å². The van der Waals surface area contributed by atoms with Gasteiger partial charge in [-0.2, -0.15) is 0 Å². The van der Waals surface area contributed by atoms with Crippen molar-refractivity contribution in [3.05, 3.63) is 64.2 Å². The first-order valence-corrected chi connectivity index (χ1v) is 13.1. The number of anilines is 2. The third-order valence-electron chi connectivity index (χ3n) is 7.25. The molecule has 0 spiro atoms. The van der Waals surface area contributed by atoms with Gasteiger partial charge in [0.05, 0.1) is 24.3 Å². The van der Waals surface area contributed by atoms with E-state index in [1.54, 1.807) is 19.2 Å². The van der Waals surface area contributed by atoms with Crippen molar-refractivity contribution in [2.24, 2.45) is 5.92 Å². The molecular formula is C29H36N4O6. The summed E-state index contributed by atoms with van der Waals surface area (Å²) in [5.74, 6) is -1.27. The second kappa shape index (κ2) is 12.8. The zero-order valence-corrected chi connectivity index (χ0v) is 22.6.